The lowest BCUT2D eigenvalue weighted by Gasteiger charge is -2.20. The van der Waals surface area contributed by atoms with E-state index in [4.69, 9.17) is 5.73 Å². The van der Waals surface area contributed by atoms with Crippen molar-refractivity contribution in [1.29, 1.82) is 0 Å². The molecule has 3 nitrogen and oxygen atoms in total. The summed E-state index contributed by atoms with van der Waals surface area (Å²) in [7, 11) is 0. The highest BCUT2D eigenvalue weighted by Crippen LogP contribution is 2.10. The van der Waals surface area contributed by atoms with E-state index >= 15 is 0 Å². The molecule has 94 valence electrons. The average molecular weight is 234 g/mol. The third-order valence-electron chi connectivity index (χ3n) is 2.86. The maximum Gasteiger partial charge on any atom is 0.251 e. The molecule has 1 aromatic rings. The first-order valence-electron chi connectivity index (χ1n) is 6.03. The van der Waals surface area contributed by atoms with Gasteiger partial charge < -0.3 is 11.1 Å². The number of benzene rings is 1. The Morgan fingerprint density at radius 1 is 1.24 bits per heavy atom. The summed E-state index contributed by atoms with van der Waals surface area (Å²) in [4.78, 5) is 12.1. The van der Waals surface area contributed by atoms with Crippen molar-refractivity contribution in [2.45, 2.75) is 33.7 Å². The third-order valence-corrected chi connectivity index (χ3v) is 2.86. The van der Waals surface area contributed by atoms with E-state index in [1.165, 1.54) is 0 Å². The summed E-state index contributed by atoms with van der Waals surface area (Å²) >= 11 is 0. The van der Waals surface area contributed by atoms with Crippen LogP contribution in [-0.2, 0) is 0 Å². The number of nitrogens with one attached hydrogen (secondary N) is 1. The summed E-state index contributed by atoms with van der Waals surface area (Å²) in [6.07, 6.45) is 0. The minimum atomic E-state index is -0.0408. The van der Waals surface area contributed by atoms with E-state index in [1.54, 1.807) is 0 Å². The van der Waals surface area contributed by atoms with Crippen LogP contribution in [0.15, 0.2) is 18.2 Å². The van der Waals surface area contributed by atoms with E-state index < -0.39 is 0 Å². The van der Waals surface area contributed by atoms with Crippen LogP contribution in [0, 0.1) is 19.8 Å². The van der Waals surface area contributed by atoms with E-state index in [0.29, 0.717) is 18.0 Å². The normalized spacial score (nSPS) is 12.6. The Labute approximate surface area is 103 Å². The predicted molar refractivity (Wildman–Crippen MR) is 71.1 cm³/mol. The lowest BCUT2D eigenvalue weighted by Crippen LogP contribution is -2.43. The van der Waals surface area contributed by atoms with Gasteiger partial charge in [-0.05, 0) is 31.9 Å². The molecular formula is C14H22N2O. The van der Waals surface area contributed by atoms with Gasteiger partial charge in [0.1, 0.15) is 0 Å². The van der Waals surface area contributed by atoms with Crippen molar-refractivity contribution in [3.63, 3.8) is 0 Å². The number of hydrogen-bond acceptors (Lipinski definition) is 2. The quantitative estimate of drug-likeness (QED) is 0.837. The maximum atomic E-state index is 12.1. The van der Waals surface area contributed by atoms with Crippen LogP contribution in [0.2, 0.25) is 0 Å². The van der Waals surface area contributed by atoms with Crippen LogP contribution >= 0.6 is 0 Å². The van der Waals surface area contributed by atoms with Gasteiger partial charge in [0, 0.05) is 18.2 Å². The molecule has 1 aromatic carbocycles. The fourth-order valence-corrected chi connectivity index (χ4v) is 1.86. The van der Waals surface area contributed by atoms with Crippen LogP contribution in [0.5, 0.6) is 0 Å². The van der Waals surface area contributed by atoms with E-state index in [2.05, 4.69) is 25.2 Å². The fraction of sp³-hybridized carbons (Fsp3) is 0.500. The van der Waals surface area contributed by atoms with Crippen LogP contribution in [0.25, 0.3) is 0 Å². The Hall–Kier alpha value is -1.35. The van der Waals surface area contributed by atoms with Crippen molar-refractivity contribution in [2.75, 3.05) is 6.54 Å². The first-order valence-corrected chi connectivity index (χ1v) is 6.03. The standard InChI is InChI=1S/C14H22N2O/c1-9(2)13(8-15)16-14(17)12-6-10(3)5-11(4)7-12/h5-7,9,13H,8,15H2,1-4H3,(H,16,17). The molecule has 1 atom stereocenters. The molecule has 1 amide bonds. The SMILES string of the molecule is Cc1cc(C)cc(C(=O)NC(CN)C(C)C)c1. The summed E-state index contributed by atoms with van der Waals surface area (Å²) in [6, 6.07) is 5.88. The van der Waals surface area contributed by atoms with Gasteiger partial charge in [-0.15, -0.1) is 0 Å². The summed E-state index contributed by atoms with van der Waals surface area (Å²) < 4.78 is 0. The Morgan fingerprint density at radius 2 is 1.76 bits per heavy atom. The number of aryl methyl sites for hydroxylation is 2. The van der Waals surface area contributed by atoms with Crippen LogP contribution in [0.4, 0.5) is 0 Å². The predicted octanol–water partition coefficient (Wildman–Crippen LogP) is 2.02. The highest BCUT2D eigenvalue weighted by atomic mass is 16.1. The van der Waals surface area contributed by atoms with Gasteiger partial charge in [0.2, 0.25) is 0 Å². The average Bonchev–Trinajstić information content (AvgIpc) is 2.23. The van der Waals surface area contributed by atoms with Gasteiger partial charge in [0.15, 0.2) is 0 Å². The second kappa shape index (κ2) is 5.82. The zero-order valence-corrected chi connectivity index (χ0v) is 11.1. The van der Waals surface area contributed by atoms with E-state index in [-0.39, 0.29) is 11.9 Å². The third kappa shape index (κ3) is 3.86. The molecular weight excluding hydrogens is 212 g/mol. The molecule has 1 rings (SSSR count). The van der Waals surface area contributed by atoms with E-state index in [0.717, 1.165) is 11.1 Å². The maximum absolute atomic E-state index is 12.1. The highest BCUT2D eigenvalue weighted by molar-refractivity contribution is 5.94. The van der Waals surface area contributed by atoms with Crippen LogP contribution in [-0.4, -0.2) is 18.5 Å². The Morgan fingerprint density at radius 3 is 2.18 bits per heavy atom. The molecule has 1 unspecified atom stereocenters. The molecule has 0 aliphatic heterocycles. The van der Waals surface area contributed by atoms with Crippen molar-refractivity contribution in [1.82, 2.24) is 5.32 Å². The minimum Gasteiger partial charge on any atom is -0.348 e. The number of hydrogen-bond donors (Lipinski definition) is 2. The first-order chi connectivity index (χ1) is 7.93. The molecule has 3 N–H and O–H groups in total. The zero-order chi connectivity index (χ0) is 13.0. The summed E-state index contributed by atoms with van der Waals surface area (Å²) in [6.45, 7) is 8.56. The van der Waals surface area contributed by atoms with Crippen molar-refractivity contribution in [3.05, 3.63) is 34.9 Å². The lowest BCUT2D eigenvalue weighted by atomic mass is 10.0. The highest BCUT2D eigenvalue weighted by Gasteiger charge is 2.15. The van der Waals surface area contributed by atoms with Gasteiger partial charge in [-0.3, -0.25) is 4.79 Å². The first kappa shape index (κ1) is 13.7. The molecule has 17 heavy (non-hydrogen) atoms. The van der Waals surface area contributed by atoms with Gasteiger partial charge >= 0.3 is 0 Å². The monoisotopic (exact) mass is 234 g/mol. The van der Waals surface area contributed by atoms with Crippen LogP contribution in [0.3, 0.4) is 0 Å². The molecule has 3 heteroatoms. The van der Waals surface area contributed by atoms with Gasteiger partial charge in [0.25, 0.3) is 5.91 Å². The van der Waals surface area contributed by atoms with Gasteiger partial charge in [-0.1, -0.05) is 31.0 Å². The van der Waals surface area contributed by atoms with Crippen LogP contribution in [0.1, 0.15) is 35.3 Å². The number of rotatable bonds is 4. The molecule has 0 aliphatic rings. The number of amides is 1. The molecule has 0 spiro atoms. The van der Waals surface area contributed by atoms with Crippen molar-refractivity contribution < 1.29 is 4.79 Å². The topological polar surface area (TPSA) is 55.1 Å². The van der Waals surface area contributed by atoms with Crippen molar-refractivity contribution in [3.8, 4) is 0 Å². The van der Waals surface area contributed by atoms with Crippen molar-refractivity contribution in [2.24, 2.45) is 11.7 Å². The minimum absolute atomic E-state index is 0.0309. The van der Waals surface area contributed by atoms with E-state index in [1.807, 2.05) is 26.0 Å². The molecule has 0 heterocycles. The summed E-state index contributed by atoms with van der Waals surface area (Å²) in [5.41, 5.74) is 8.56. The summed E-state index contributed by atoms with van der Waals surface area (Å²) in [5, 5.41) is 2.97. The smallest absolute Gasteiger partial charge is 0.251 e. The van der Waals surface area contributed by atoms with Gasteiger partial charge in [0.05, 0.1) is 0 Å². The fourth-order valence-electron chi connectivity index (χ4n) is 1.86. The number of carbonyl (C=O) groups excluding carboxylic acids is 1. The molecule has 0 saturated carbocycles. The number of nitrogens with two attached hydrogens (primary N) is 1. The molecule has 0 fully saturated rings. The summed E-state index contributed by atoms with van der Waals surface area (Å²) in [5.74, 6) is 0.302. The Kier molecular flexibility index (Phi) is 4.70. The molecule has 0 aromatic heterocycles. The van der Waals surface area contributed by atoms with Gasteiger partial charge in [-0.2, -0.15) is 0 Å². The Bertz CT molecular complexity index is 379. The molecule has 0 radical (unpaired) electrons. The molecule has 0 aliphatic carbocycles. The molecule has 0 bridgehead atoms. The van der Waals surface area contributed by atoms with E-state index in [9.17, 15) is 4.79 Å². The van der Waals surface area contributed by atoms with Gasteiger partial charge in [-0.25, -0.2) is 0 Å². The van der Waals surface area contributed by atoms with Crippen molar-refractivity contribution >= 4 is 5.91 Å². The number of carbonyl (C=O) groups is 1. The zero-order valence-electron chi connectivity index (χ0n) is 11.1. The second-order valence-electron chi connectivity index (χ2n) is 4.94. The van der Waals surface area contributed by atoms with Crippen LogP contribution < -0.4 is 11.1 Å². The lowest BCUT2D eigenvalue weighted by molar-refractivity contribution is 0.0927. The Balaban J connectivity index is 2.82. The largest absolute Gasteiger partial charge is 0.348 e. The molecule has 0 saturated heterocycles. The second-order valence-corrected chi connectivity index (χ2v) is 4.94.